The van der Waals surface area contributed by atoms with Crippen LogP contribution < -0.4 is 5.32 Å². The molecule has 0 aliphatic rings. The van der Waals surface area contributed by atoms with Crippen molar-refractivity contribution in [1.29, 1.82) is 0 Å². The number of amides is 1. The van der Waals surface area contributed by atoms with Crippen molar-refractivity contribution in [3.05, 3.63) is 36.8 Å². The number of aromatic amines is 1. The van der Waals surface area contributed by atoms with Gasteiger partial charge in [0.05, 0.1) is 17.7 Å². The molecule has 2 aromatic rings. The lowest BCUT2D eigenvalue weighted by atomic mass is 10.1. The van der Waals surface area contributed by atoms with Crippen LogP contribution in [0.25, 0.3) is 11.3 Å². The van der Waals surface area contributed by atoms with E-state index in [4.69, 9.17) is 4.74 Å². The molecular weight excluding hydrogens is 218 g/mol. The van der Waals surface area contributed by atoms with Gasteiger partial charge < -0.3 is 15.0 Å². The molecule has 0 radical (unpaired) electrons. The Morgan fingerprint density at radius 1 is 1.47 bits per heavy atom. The number of aromatic nitrogens is 2. The lowest BCUT2D eigenvalue weighted by Crippen LogP contribution is -2.17. The average molecular weight is 231 g/mol. The first-order chi connectivity index (χ1) is 8.31. The molecule has 0 bridgehead atoms. The van der Waals surface area contributed by atoms with E-state index in [2.05, 4.69) is 15.3 Å². The lowest BCUT2D eigenvalue weighted by Gasteiger charge is -2.08. The van der Waals surface area contributed by atoms with Gasteiger partial charge in [0.25, 0.3) is 0 Å². The number of nitrogens with zero attached hydrogens (tertiary/aromatic N) is 1. The molecule has 1 aromatic carbocycles. The van der Waals surface area contributed by atoms with Crippen molar-refractivity contribution in [3.8, 4) is 11.3 Å². The standard InChI is InChI=1S/C12H13N3O2/c1-17-7-12(16)15-10-5-3-2-4-9(10)11-6-13-8-14-11/h2-6,8H,7H2,1H3,(H,13,14)(H,15,16). The molecule has 0 unspecified atom stereocenters. The third-order valence-corrected chi connectivity index (χ3v) is 2.25. The number of carbonyl (C=O) groups is 1. The number of benzene rings is 1. The Kier molecular flexibility index (Phi) is 3.52. The van der Waals surface area contributed by atoms with Gasteiger partial charge >= 0.3 is 0 Å². The van der Waals surface area contributed by atoms with Crippen LogP contribution in [0, 0.1) is 0 Å². The van der Waals surface area contributed by atoms with Gasteiger partial charge in [-0.3, -0.25) is 4.79 Å². The molecule has 0 atom stereocenters. The highest BCUT2D eigenvalue weighted by atomic mass is 16.5. The summed E-state index contributed by atoms with van der Waals surface area (Å²) in [5.74, 6) is -0.185. The third kappa shape index (κ3) is 2.70. The summed E-state index contributed by atoms with van der Waals surface area (Å²) in [6, 6.07) is 7.49. The number of nitrogens with one attached hydrogen (secondary N) is 2. The second-order valence-corrected chi connectivity index (χ2v) is 3.48. The molecule has 0 spiro atoms. The van der Waals surface area contributed by atoms with Crippen LogP contribution >= 0.6 is 0 Å². The Morgan fingerprint density at radius 2 is 2.29 bits per heavy atom. The smallest absolute Gasteiger partial charge is 0.250 e. The van der Waals surface area contributed by atoms with Crippen LogP contribution in [-0.2, 0) is 9.53 Å². The van der Waals surface area contributed by atoms with Gasteiger partial charge in [-0.15, -0.1) is 0 Å². The maximum atomic E-state index is 11.5. The molecule has 0 aliphatic heterocycles. The first-order valence-electron chi connectivity index (χ1n) is 5.18. The predicted molar refractivity (Wildman–Crippen MR) is 64.5 cm³/mol. The van der Waals surface area contributed by atoms with Gasteiger partial charge in [0, 0.05) is 18.9 Å². The van der Waals surface area contributed by atoms with E-state index in [1.54, 1.807) is 12.5 Å². The molecule has 1 aromatic heterocycles. The van der Waals surface area contributed by atoms with E-state index in [-0.39, 0.29) is 12.5 Å². The summed E-state index contributed by atoms with van der Waals surface area (Å²) >= 11 is 0. The number of hydrogen-bond donors (Lipinski definition) is 2. The molecule has 2 N–H and O–H groups in total. The number of H-pyrrole nitrogens is 1. The van der Waals surface area contributed by atoms with Crippen LogP contribution in [-0.4, -0.2) is 29.6 Å². The summed E-state index contributed by atoms with van der Waals surface area (Å²) in [4.78, 5) is 18.5. The molecule has 5 nitrogen and oxygen atoms in total. The van der Waals surface area contributed by atoms with Crippen molar-refractivity contribution in [1.82, 2.24) is 9.97 Å². The molecular formula is C12H13N3O2. The van der Waals surface area contributed by atoms with Crippen molar-refractivity contribution < 1.29 is 9.53 Å². The van der Waals surface area contributed by atoms with Crippen LogP contribution in [0.2, 0.25) is 0 Å². The Morgan fingerprint density at radius 3 is 3.00 bits per heavy atom. The number of imidazole rings is 1. The molecule has 0 saturated heterocycles. The Hall–Kier alpha value is -2.14. The SMILES string of the molecule is COCC(=O)Nc1ccccc1-c1c[nH]cn1. The Labute approximate surface area is 98.8 Å². The van der Waals surface area contributed by atoms with Crippen molar-refractivity contribution >= 4 is 11.6 Å². The van der Waals surface area contributed by atoms with Crippen LogP contribution in [0.4, 0.5) is 5.69 Å². The van der Waals surface area contributed by atoms with E-state index in [9.17, 15) is 4.79 Å². The second-order valence-electron chi connectivity index (χ2n) is 3.48. The average Bonchev–Trinajstić information content (AvgIpc) is 2.83. The highest BCUT2D eigenvalue weighted by molar-refractivity contribution is 5.95. The molecule has 5 heteroatoms. The monoisotopic (exact) mass is 231 g/mol. The van der Waals surface area contributed by atoms with Gasteiger partial charge in [-0.05, 0) is 6.07 Å². The van der Waals surface area contributed by atoms with Gasteiger partial charge in [0.1, 0.15) is 6.61 Å². The third-order valence-electron chi connectivity index (χ3n) is 2.25. The summed E-state index contributed by atoms with van der Waals surface area (Å²) in [6.07, 6.45) is 3.38. The highest BCUT2D eigenvalue weighted by Gasteiger charge is 2.08. The van der Waals surface area contributed by atoms with Gasteiger partial charge in [-0.25, -0.2) is 4.98 Å². The molecule has 0 fully saturated rings. The number of ether oxygens (including phenoxy) is 1. The zero-order valence-corrected chi connectivity index (χ0v) is 9.43. The minimum atomic E-state index is -0.185. The zero-order valence-electron chi connectivity index (χ0n) is 9.43. The Bertz CT molecular complexity index is 494. The van der Waals surface area contributed by atoms with Crippen LogP contribution in [0.1, 0.15) is 0 Å². The second kappa shape index (κ2) is 5.27. The van der Waals surface area contributed by atoms with E-state index >= 15 is 0 Å². The molecule has 0 aliphatic carbocycles. The summed E-state index contributed by atoms with van der Waals surface area (Å²) in [5, 5.41) is 2.78. The van der Waals surface area contributed by atoms with Crippen molar-refractivity contribution in [2.75, 3.05) is 19.0 Å². The number of para-hydroxylation sites is 1. The molecule has 1 heterocycles. The van der Waals surface area contributed by atoms with Crippen molar-refractivity contribution in [2.24, 2.45) is 0 Å². The number of carbonyl (C=O) groups excluding carboxylic acids is 1. The minimum Gasteiger partial charge on any atom is -0.375 e. The minimum absolute atomic E-state index is 0.0366. The fraction of sp³-hybridized carbons (Fsp3) is 0.167. The maximum Gasteiger partial charge on any atom is 0.250 e. The molecule has 2 rings (SSSR count). The number of hydrogen-bond acceptors (Lipinski definition) is 3. The zero-order chi connectivity index (χ0) is 12.1. The fourth-order valence-corrected chi connectivity index (χ4v) is 1.54. The van der Waals surface area contributed by atoms with Crippen LogP contribution in [0.3, 0.4) is 0 Å². The largest absolute Gasteiger partial charge is 0.375 e. The van der Waals surface area contributed by atoms with Gasteiger partial charge in [0.15, 0.2) is 0 Å². The normalized spacial score (nSPS) is 10.2. The van der Waals surface area contributed by atoms with E-state index < -0.39 is 0 Å². The van der Waals surface area contributed by atoms with Gasteiger partial charge in [0.2, 0.25) is 5.91 Å². The number of rotatable bonds is 4. The predicted octanol–water partition coefficient (Wildman–Crippen LogP) is 1.66. The first-order valence-corrected chi connectivity index (χ1v) is 5.18. The summed E-state index contributed by atoms with van der Waals surface area (Å²) in [7, 11) is 1.49. The molecule has 88 valence electrons. The lowest BCUT2D eigenvalue weighted by molar-refractivity contribution is -0.119. The summed E-state index contributed by atoms with van der Waals surface area (Å²) in [6.45, 7) is 0.0366. The molecule has 17 heavy (non-hydrogen) atoms. The topological polar surface area (TPSA) is 67.0 Å². The van der Waals surface area contributed by atoms with Crippen LogP contribution in [0.15, 0.2) is 36.8 Å². The van der Waals surface area contributed by atoms with Crippen molar-refractivity contribution in [2.45, 2.75) is 0 Å². The highest BCUT2D eigenvalue weighted by Crippen LogP contribution is 2.25. The quantitative estimate of drug-likeness (QED) is 0.841. The van der Waals surface area contributed by atoms with Crippen LogP contribution in [0.5, 0.6) is 0 Å². The molecule has 0 saturated carbocycles. The first kappa shape index (κ1) is 11.3. The van der Waals surface area contributed by atoms with Gasteiger partial charge in [-0.2, -0.15) is 0 Å². The van der Waals surface area contributed by atoms with E-state index in [1.165, 1.54) is 7.11 Å². The number of anilines is 1. The van der Waals surface area contributed by atoms with Crippen molar-refractivity contribution in [3.63, 3.8) is 0 Å². The van der Waals surface area contributed by atoms with E-state index in [0.29, 0.717) is 0 Å². The summed E-state index contributed by atoms with van der Waals surface area (Å²) < 4.78 is 4.77. The summed E-state index contributed by atoms with van der Waals surface area (Å²) in [5.41, 5.74) is 2.39. The van der Waals surface area contributed by atoms with E-state index in [1.807, 2.05) is 24.3 Å². The Balaban J connectivity index is 2.25. The molecule has 1 amide bonds. The fourth-order valence-electron chi connectivity index (χ4n) is 1.54. The number of methoxy groups -OCH3 is 1. The van der Waals surface area contributed by atoms with E-state index in [0.717, 1.165) is 16.9 Å². The maximum absolute atomic E-state index is 11.5. The van der Waals surface area contributed by atoms with Gasteiger partial charge in [-0.1, -0.05) is 18.2 Å².